The van der Waals surface area contributed by atoms with Crippen molar-refractivity contribution < 1.29 is 9.53 Å². The average Bonchev–Trinajstić information content (AvgIpc) is 2.57. The quantitative estimate of drug-likeness (QED) is 0.896. The third-order valence-electron chi connectivity index (χ3n) is 3.78. The van der Waals surface area contributed by atoms with Gasteiger partial charge in [0.15, 0.2) is 5.82 Å². The van der Waals surface area contributed by atoms with E-state index in [1.54, 1.807) is 12.4 Å². The molecule has 2 heterocycles. The number of nitrogens with one attached hydrogen (secondary N) is 1. The zero-order chi connectivity index (χ0) is 15.4. The first-order valence-electron chi connectivity index (χ1n) is 7.23. The topological polar surface area (TPSA) is 90.1 Å². The summed E-state index contributed by atoms with van der Waals surface area (Å²) in [5, 5.41) is 2.79. The predicted octanol–water partition coefficient (Wildman–Crippen LogP) is 2.01. The maximum Gasteiger partial charge on any atom is 0.244 e. The first-order chi connectivity index (χ1) is 10.7. The van der Waals surface area contributed by atoms with Crippen molar-refractivity contribution in [3.05, 3.63) is 42.7 Å². The van der Waals surface area contributed by atoms with Crippen molar-refractivity contribution in [3.8, 4) is 11.4 Å². The average molecular weight is 335 g/mol. The summed E-state index contributed by atoms with van der Waals surface area (Å²) in [6.07, 6.45) is 4.22. The fraction of sp³-hybridized carbons (Fsp3) is 0.312. The summed E-state index contributed by atoms with van der Waals surface area (Å²) in [5.41, 5.74) is 6.73. The van der Waals surface area contributed by atoms with Gasteiger partial charge in [-0.2, -0.15) is 0 Å². The van der Waals surface area contributed by atoms with E-state index in [0.29, 0.717) is 37.6 Å². The van der Waals surface area contributed by atoms with Gasteiger partial charge in [-0.1, -0.05) is 30.3 Å². The highest BCUT2D eigenvalue weighted by molar-refractivity contribution is 5.97. The van der Waals surface area contributed by atoms with Crippen LogP contribution < -0.4 is 11.1 Å². The van der Waals surface area contributed by atoms with Gasteiger partial charge in [0, 0.05) is 18.8 Å². The molecular weight excluding hydrogens is 316 g/mol. The molecule has 3 N–H and O–H groups in total. The molecule has 1 fully saturated rings. The molecule has 6 nitrogen and oxygen atoms in total. The second kappa shape index (κ2) is 7.50. The van der Waals surface area contributed by atoms with E-state index in [1.165, 1.54) is 0 Å². The number of carbonyl (C=O) groups is 1. The Morgan fingerprint density at radius 2 is 1.74 bits per heavy atom. The van der Waals surface area contributed by atoms with Crippen LogP contribution in [0.15, 0.2) is 42.7 Å². The molecule has 0 radical (unpaired) electrons. The molecule has 1 amide bonds. The summed E-state index contributed by atoms with van der Waals surface area (Å²) in [6, 6.07) is 9.66. The number of halogens is 1. The normalized spacial score (nSPS) is 16.2. The molecule has 0 aliphatic carbocycles. The van der Waals surface area contributed by atoms with E-state index in [2.05, 4.69) is 15.3 Å². The van der Waals surface area contributed by atoms with Crippen LogP contribution in [0.25, 0.3) is 11.4 Å². The fourth-order valence-corrected chi connectivity index (χ4v) is 2.35. The van der Waals surface area contributed by atoms with Crippen LogP contribution in [0, 0.1) is 0 Å². The van der Waals surface area contributed by atoms with Gasteiger partial charge < -0.3 is 15.8 Å². The van der Waals surface area contributed by atoms with Crippen molar-refractivity contribution in [1.82, 2.24) is 9.97 Å². The van der Waals surface area contributed by atoms with Gasteiger partial charge in [0.25, 0.3) is 0 Å². The Labute approximate surface area is 140 Å². The van der Waals surface area contributed by atoms with Crippen molar-refractivity contribution in [1.29, 1.82) is 0 Å². The van der Waals surface area contributed by atoms with Gasteiger partial charge in [-0.3, -0.25) is 4.79 Å². The van der Waals surface area contributed by atoms with Gasteiger partial charge in [-0.25, -0.2) is 9.97 Å². The van der Waals surface area contributed by atoms with Crippen molar-refractivity contribution >= 4 is 24.0 Å². The highest BCUT2D eigenvalue weighted by Crippen LogP contribution is 2.20. The highest BCUT2D eigenvalue weighted by atomic mass is 35.5. The Hall–Kier alpha value is -2.02. The van der Waals surface area contributed by atoms with Crippen molar-refractivity contribution in [2.24, 2.45) is 5.73 Å². The lowest BCUT2D eigenvalue weighted by molar-refractivity contribution is -0.124. The first-order valence-corrected chi connectivity index (χ1v) is 7.23. The van der Waals surface area contributed by atoms with E-state index in [4.69, 9.17) is 10.5 Å². The third kappa shape index (κ3) is 4.04. The minimum atomic E-state index is -0.879. The maximum atomic E-state index is 12.3. The molecule has 0 saturated carbocycles. The SMILES string of the molecule is Cl.NC1(C(=O)Nc2cnc(-c3ccccc3)nc2)CCOCC1. The highest BCUT2D eigenvalue weighted by Gasteiger charge is 2.35. The summed E-state index contributed by atoms with van der Waals surface area (Å²) in [7, 11) is 0. The molecule has 3 rings (SSSR count). The lowest BCUT2D eigenvalue weighted by Crippen LogP contribution is -2.54. The molecule has 1 saturated heterocycles. The Morgan fingerprint density at radius 3 is 2.35 bits per heavy atom. The molecule has 0 bridgehead atoms. The number of nitrogens with zero attached hydrogens (tertiary/aromatic N) is 2. The Balaban J connectivity index is 0.00000192. The first kappa shape index (κ1) is 17.3. The van der Waals surface area contributed by atoms with Gasteiger partial charge in [-0.05, 0) is 12.8 Å². The van der Waals surface area contributed by atoms with E-state index in [1.807, 2.05) is 30.3 Å². The minimum absolute atomic E-state index is 0. The van der Waals surface area contributed by atoms with Crippen molar-refractivity contribution in [3.63, 3.8) is 0 Å². The van der Waals surface area contributed by atoms with E-state index >= 15 is 0 Å². The second-order valence-corrected chi connectivity index (χ2v) is 5.38. The van der Waals surface area contributed by atoms with E-state index < -0.39 is 5.54 Å². The van der Waals surface area contributed by atoms with Gasteiger partial charge in [0.1, 0.15) is 5.54 Å². The molecular formula is C16H19ClN4O2. The molecule has 7 heteroatoms. The molecule has 0 spiro atoms. The minimum Gasteiger partial charge on any atom is -0.381 e. The number of hydrogen-bond donors (Lipinski definition) is 2. The maximum absolute atomic E-state index is 12.3. The molecule has 0 unspecified atom stereocenters. The van der Waals surface area contributed by atoms with Crippen molar-refractivity contribution in [2.45, 2.75) is 18.4 Å². The zero-order valence-corrected chi connectivity index (χ0v) is 13.4. The van der Waals surface area contributed by atoms with Crippen LogP contribution >= 0.6 is 12.4 Å². The number of aromatic nitrogens is 2. The molecule has 2 aromatic rings. The summed E-state index contributed by atoms with van der Waals surface area (Å²) in [6.45, 7) is 1.01. The van der Waals surface area contributed by atoms with Gasteiger partial charge in [0.05, 0.1) is 18.1 Å². The van der Waals surface area contributed by atoms with Gasteiger partial charge in [0.2, 0.25) is 5.91 Å². The number of nitrogens with two attached hydrogens (primary N) is 1. The van der Waals surface area contributed by atoms with Crippen molar-refractivity contribution in [2.75, 3.05) is 18.5 Å². The second-order valence-electron chi connectivity index (χ2n) is 5.38. The number of rotatable bonds is 3. The van der Waals surface area contributed by atoms with Crippen LogP contribution in [-0.2, 0) is 9.53 Å². The van der Waals surface area contributed by atoms with Crippen LogP contribution in [0.2, 0.25) is 0 Å². The number of ether oxygens (including phenoxy) is 1. The number of hydrogen-bond acceptors (Lipinski definition) is 5. The Bertz CT molecular complexity index is 643. The number of amides is 1. The number of benzene rings is 1. The van der Waals surface area contributed by atoms with E-state index in [9.17, 15) is 4.79 Å². The summed E-state index contributed by atoms with van der Waals surface area (Å²) >= 11 is 0. The Morgan fingerprint density at radius 1 is 1.13 bits per heavy atom. The standard InChI is InChI=1S/C16H18N4O2.ClH/c17-16(6-8-22-9-7-16)15(21)20-13-10-18-14(19-11-13)12-4-2-1-3-5-12;/h1-5,10-11H,6-9,17H2,(H,20,21);1H. The molecule has 1 aliphatic heterocycles. The molecule has 1 aliphatic rings. The van der Waals surface area contributed by atoms with Crippen LogP contribution in [0.4, 0.5) is 5.69 Å². The summed E-state index contributed by atoms with van der Waals surface area (Å²) in [5.74, 6) is 0.402. The van der Waals surface area contributed by atoms with Gasteiger partial charge in [-0.15, -0.1) is 12.4 Å². The molecule has 1 aromatic heterocycles. The van der Waals surface area contributed by atoms with Crippen LogP contribution in [0.3, 0.4) is 0 Å². The van der Waals surface area contributed by atoms with Crippen LogP contribution in [0.5, 0.6) is 0 Å². The van der Waals surface area contributed by atoms with Crippen LogP contribution in [-0.4, -0.2) is 34.6 Å². The zero-order valence-electron chi connectivity index (χ0n) is 12.6. The lowest BCUT2D eigenvalue weighted by Gasteiger charge is -2.31. The largest absolute Gasteiger partial charge is 0.381 e. The summed E-state index contributed by atoms with van der Waals surface area (Å²) in [4.78, 5) is 20.9. The monoisotopic (exact) mass is 334 g/mol. The molecule has 122 valence electrons. The van der Waals surface area contributed by atoms with E-state index in [-0.39, 0.29) is 18.3 Å². The lowest BCUT2D eigenvalue weighted by atomic mass is 9.90. The van der Waals surface area contributed by atoms with E-state index in [0.717, 1.165) is 5.56 Å². The number of anilines is 1. The predicted molar refractivity (Wildman–Crippen MR) is 90.3 cm³/mol. The Kier molecular flexibility index (Phi) is 5.65. The summed E-state index contributed by atoms with van der Waals surface area (Å²) < 4.78 is 5.25. The fourth-order valence-electron chi connectivity index (χ4n) is 2.35. The number of carbonyl (C=O) groups excluding carboxylic acids is 1. The smallest absolute Gasteiger partial charge is 0.244 e. The molecule has 1 aromatic carbocycles. The third-order valence-corrected chi connectivity index (χ3v) is 3.78. The van der Waals surface area contributed by atoms with Gasteiger partial charge >= 0.3 is 0 Å². The molecule has 0 atom stereocenters. The van der Waals surface area contributed by atoms with Crippen LogP contribution in [0.1, 0.15) is 12.8 Å². The molecule has 23 heavy (non-hydrogen) atoms.